The zero-order valence-electron chi connectivity index (χ0n) is 11.4. The van der Waals surface area contributed by atoms with Crippen LogP contribution in [0.4, 0.5) is 13.2 Å². The Morgan fingerprint density at radius 1 is 1.05 bits per heavy atom. The smallest absolute Gasteiger partial charge is 0.166 e. The molecule has 0 saturated heterocycles. The highest BCUT2D eigenvalue weighted by atomic mass is 79.9. The SMILES string of the molecule is Cc1cc(C(Br)c2cccc(C(F)(F)F)c2)c(C)cc1Cl. The van der Waals surface area contributed by atoms with Crippen LogP contribution in [0, 0.1) is 13.8 Å². The zero-order chi connectivity index (χ0) is 15.8. The molecule has 0 saturated carbocycles. The van der Waals surface area contributed by atoms with Crippen LogP contribution >= 0.6 is 27.5 Å². The Labute approximate surface area is 135 Å². The van der Waals surface area contributed by atoms with E-state index in [1.54, 1.807) is 6.07 Å². The van der Waals surface area contributed by atoms with Crippen molar-refractivity contribution in [1.82, 2.24) is 0 Å². The van der Waals surface area contributed by atoms with Gasteiger partial charge >= 0.3 is 6.18 Å². The van der Waals surface area contributed by atoms with Gasteiger partial charge in [0.1, 0.15) is 0 Å². The molecule has 0 heterocycles. The molecule has 1 atom stereocenters. The first-order valence-electron chi connectivity index (χ1n) is 6.28. The minimum atomic E-state index is -4.34. The monoisotopic (exact) mass is 376 g/mol. The molecule has 2 aromatic carbocycles. The van der Waals surface area contributed by atoms with Gasteiger partial charge in [-0.05, 0) is 48.2 Å². The van der Waals surface area contributed by atoms with Crippen molar-refractivity contribution in [3.05, 3.63) is 69.2 Å². The molecule has 0 radical (unpaired) electrons. The quantitative estimate of drug-likeness (QED) is 0.527. The van der Waals surface area contributed by atoms with Gasteiger partial charge in [0.25, 0.3) is 0 Å². The molecule has 112 valence electrons. The Hall–Kier alpha value is -1.00. The summed E-state index contributed by atoms with van der Waals surface area (Å²) in [6.45, 7) is 3.76. The Bertz CT molecular complexity index is 665. The summed E-state index contributed by atoms with van der Waals surface area (Å²) in [6, 6.07) is 9.07. The first-order chi connectivity index (χ1) is 9.70. The molecule has 0 aliphatic carbocycles. The molecular formula is C16H13BrClF3. The van der Waals surface area contributed by atoms with Gasteiger partial charge in [0.2, 0.25) is 0 Å². The maximum absolute atomic E-state index is 12.8. The zero-order valence-corrected chi connectivity index (χ0v) is 13.8. The largest absolute Gasteiger partial charge is 0.416 e. The molecular weight excluding hydrogens is 365 g/mol. The molecule has 0 aliphatic heterocycles. The molecule has 1 unspecified atom stereocenters. The molecule has 0 bridgehead atoms. The van der Waals surface area contributed by atoms with Gasteiger partial charge < -0.3 is 0 Å². The van der Waals surface area contributed by atoms with E-state index in [1.807, 2.05) is 26.0 Å². The number of hydrogen-bond donors (Lipinski definition) is 0. The van der Waals surface area contributed by atoms with Crippen molar-refractivity contribution in [2.75, 3.05) is 0 Å². The van der Waals surface area contributed by atoms with Crippen LogP contribution in [0.5, 0.6) is 0 Å². The number of benzene rings is 2. The van der Waals surface area contributed by atoms with Gasteiger partial charge in [-0.25, -0.2) is 0 Å². The fraction of sp³-hybridized carbons (Fsp3) is 0.250. The van der Waals surface area contributed by atoms with Crippen LogP contribution in [0.1, 0.15) is 32.6 Å². The number of alkyl halides is 4. The van der Waals surface area contributed by atoms with Crippen LogP contribution in [0.2, 0.25) is 5.02 Å². The van der Waals surface area contributed by atoms with Crippen LogP contribution in [0.15, 0.2) is 36.4 Å². The third-order valence-corrected chi connectivity index (χ3v) is 4.76. The van der Waals surface area contributed by atoms with Crippen molar-refractivity contribution in [2.24, 2.45) is 0 Å². The fourth-order valence-corrected chi connectivity index (χ4v) is 3.12. The maximum Gasteiger partial charge on any atom is 0.416 e. The fourth-order valence-electron chi connectivity index (χ4n) is 2.13. The Kier molecular flexibility index (Phi) is 4.69. The van der Waals surface area contributed by atoms with Gasteiger partial charge in [0.05, 0.1) is 10.4 Å². The lowest BCUT2D eigenvalue weighted by Crippen LogP contribution is -2.06. The Morgan fingerprint density at radius 2 is 1.71 bits per heavy atom. The first kappa shape index (κ1) is 16.4. The minimum Gasteiger partial charge on any atom is -0.166 e. The summed E-state index contributed by atoms with van der Waals surface area (Å²) in [6.07, 6.45) is -4.34. The lowest BCUT2D eigenvalue weighted by molar-refractivity contribution is -0.137. The molecule has 0 amide bonds. The van der Waals surface area contributed by atoms with E-state index in [0.717, 1.165) is 22.8 Å². The van der Waals surface area contributed by atoms with E-state index in [0.29, 0.717) is 10.6 Å². The number of aryl methyl sites for hydroxylation is 2. The number of rotatable bonds is 2. The van der Waals surface area contributed by atoms with Crippen molar-refractivity contribution < 1.29 is 13.2 Å². The molecule has 0 aliphatic rings. The van der Waals surface area contributed by atoms with E-state index in [-0.39, 0.29) is 4.83 Å². The van der Waals surface area contributed by atoms with Crippen LogP contribution in [-0.2, 0) is 6.18 Å². The van der Waals surface area contributed by atoms with Crippen LogP contribution in [0.3, 0.4) is 0 Å². The van der Waals surface area contributed by atoms with E-state index in [2.05, 4.69) is 15.9 Å². The summed E-state index contributed by atoms with van der Waals surface area (Å²) >= 11 is 9.55. The van der Waals surface area contributed by atoms with Crippen LogP contribution in [0.25, 0.3) is 0 Å². The number of halogens is 5. The highest BCUT2D eigenvalue weighted by Crippen LogP contribution is 2.37. The summed E-state index contributed by atoms with van der Waals surface area (Å²) in [7, 11) is 0. The molecule has 5 heteroatoms. The third-order valence-electron chi connectivity index (χ3n) is 3.33. The van der Waals surface area contributed by atoms with E-state index < -0.39 is 11.7 Å². The average Bonchev–Trinajstić information content (AvgIpc) is 2.41. The van der Waals surface area contributed by atoms with E-state index in [9.17, 15) is 13.2 Å². The second kappa shape index (κ2) is 6.01. The summed E-state index contributed by atoms with van der Waals surface area (Å²) in [5, 5.41) is 0.653. The van der Waals surface area contributed by atoms with Gasteiger partial charge in [-0.2, -0.15) is 13.2 Å². The van der Waals surface area contributed by atoms with Gasteiger partial charge in [0, 0.05) is 5.02 Å². The second-order valence-electron chi connectivity index (χ2n) is 4.94. The van der Waals surface area contributed by atoms with E-state index in [1.165, 1.54) is 12.1 Å². The van der Waals surface area contributed by atoms with Crippen molar-refractivity contribution in [3.63, 3.8) is 0 Å². The Morgan fingerprint density at radius 3 is 2.33 bits per heavy atom. The molecule has 21 heavy (non-hydrogen) atoms. The maximum atomic E-state index is 12.8. The van der Waals surface area contributed by atoms with Gasteiger partial charge in [-0.15, -0.1) is 0 Å². The van der Waals surface area contributed by atoms with E-state index >= 15 is 0 Å². The number of hydrogen-bond acceptors (Lipinski definition) is 0. The first-order valence-corrected chi connectivity index (χ1v) is 7.57. The minimum absolute atomic E-state index is 0.309. The average molecular weight is 378 g/mol. The van der Waals surface area contributed by atoms with Crippen molar-refractivity contribution in [1.29, 1.82) is 0 Å². The molecule has 0 aromatic heterocycles. The lowest BCUT2D eigenvalue weighted by atomic mass is 9.97. The molecule has 0 spiro atoms. The predicted octanol–water partition coefficient (Wildman–Crippen LogP) is 6.46. The second-order valence-corrected chi connectivity index (χ2v) is 6.27. The van der Waals surface area contributed by atoms with E-state index in [4.69, 9.17) is 11.6 Å². The topological polar surface area (TPSA) is 0 Å². The molecule has 0 nitrogen and oxygen atoms in total. The molecule has 2 aromatic rings. The van der Waals surface area contributed by atoms with Crippen molar-refractivity contribution in [3.8, 4) is 0 Å². The molecule has 0 fully saturated rings. The predicted molar refractivity (Wildman–Crippen MR) is 83.1 cm³/mol. The van der Waals surface area contributed by atoms with Crippen molar-refractivity contribution in [2.45, 2.75) is 24.9 Å². The highest BCUT2D eigenvalue weighted by Gasteiger charge is 2.31. The van der Waals surface area contributed by atoms with Gasteiger partial charge in [-0.1, -0.05) is 51.8 Å². The summed E-state index contributed by atoms with van der Waals surface area (Å²) in [5.74, 6) is 0. The van der Waals surface area contributed by atoms with Gasteiger partial charge in [0.15, 0.2) is 0 Å². The third kappa shape index (κ3) is 3.61. The summed E-state index contributed by atoms with van der Waals surface area (Å²) in [5.41, 5.74) is 2.66. The summed E-state index contributed by atoms with van der Waals surface area (Å²) in [4.78, 5) is -0.309. The van der Waals surface area contributed by atoms with Crippen LogP contribution in [-0.4, -0.2) is 0 Å². The van der Waals surface area contributed by atoms with Gasteiger partial charge in [-0.3, -0.25) is 0 Å². The normalized spacial score (nSPS) is 13.3. The molecule has 0 N–H and O–H groups in total. The standard InChI is InChI=1S/C16H13BrClF3/c1-9-7-14(18)10(2)6-13(9)15(17)11-4-3-5-12(8-11)16(19,20)21/h3-8,15H,1-2H3. The summed E-state index contributed by atoms with van der Waals surface area (Å²) < 4.78 is 38.4. The molecule has 2 rings (SSSR count). The van der Waals surface area contributed by atoms with Crippen LogP contribution < -0.4 is 0 Å². The lowest BCUT2D eigenvalue weighted by Gasteiger charge is -2.17. The Balaban J connectivity index is 2.45. The van der Waals surface area contributed by atoms with Crippen molar-refractivity contribution >= 4 is 27.5 Å². The highest BCUT2D eigenvalue weighted by molar-refractivity contribution is 9.09.